The number of hydrogen-bond donors (Lipinski definition) is 0. The molecule has 72 valence electrons. The van der Waals surface area contributed by atoms with E-state index >= 15 is 0 Å². The molecule has 0 fully saturated rings. The Balaban J connectivity index is 0. The second-order valence-electron chi connectivity index (χ2n) is 0. The molecule has 15 heteroatoms. The average molecular weight is 650 g/mol. The Labute approximate surface area is 172 Å². The van der Waals surface area contributed by atoms with Crippen molar-refractivity contribution in [2.75, 3.05) is 0 Å². The van der Waals surface area contributed by atoms with Gasteiger partial charge in [0.05, 0.1) is 0 Å². The van der Waals surface area contributed by atoms with Gasteiger partial charge in [-0.15, -0.1) is 0 Å². The maximum absolute atomic E-state index is 0. The molecule has 0 amide bonds. The van der Waals surface area contributed by atoms with Gasteiger partial charge < -0.3 is 49.3 Å². The summed E-state index contributed by atoms with van der Waals surface area (Å²) in [5, 5.41) is 0. The average Bonchev–Trinajstić information content (AvgIpc) is 0. The Morgan fingerprint density at radius 2 is 0.267 bits per heavy atom. The molecule has 0 aromatic rings. The van der Waals surface area contributed by atoms with Crippen LogP contribution in [0.2, 0.25) is 0 Å². The SMILES string of the molecule is [Ge+4].[Ge+4].[In+3].[In+3].[O-2].[O-2].[O-2].[O-2].[O-2].[O-2].[O-2].[O-2].[O-2].[Zn+2].[Zn+2]. The fourth-order valence-electron chi connectivity index (χ4n) is 0. The van der Waals surface area contributed by atoms with Gasteiger partial charge in [0.1, 0.15) is 0 Å². The van der Waals surface area contributed by atoms with Crippen molar-refractivity contribution in [1.29, 1.82) is 0 Å². The maximum atomic E-state index is 0. The molecule has 9 nitrogen and oxygen atoms in total. The summed E-state index contributed by atoms with van der Waals surface area (Å²) in [6.45, 7) is 0. The molecule has 0 heterocycles. The molecular weight excluding hydrogens is 650 g/mol. The third kappa shape index (κ3) is 317. The van der Waals surface area contributed by atoms with Crippen molar-refractivity contribution in [3.05, 3.63) is 0 Å². The minimum Gasteiger partial charge on any atom is -2.00 e. The summed E-state index contributed by atoms with van der Waals surface area (Å²) in [6, 6.07) is 0. The first-order chi connectivity index (χ1) is 0. The maximum Gasteiger partial charge on any atom is 4.00 e. The molecular formula is Ge2In2O9Zn2. The van der Waals surface area contributed by atoms with Crippen LogP contribution in [0, 0.1) is 0 Å². The van der Waals surface area contributed by atoms with Crippen LogP contribution < -0.4 is 0 Å². The van der Waals surface area contributed by atoms with Crippen molar-refractivity contribution in [3.8, 4) is 0 Å². The van der Waals surface area contributed by atoms with Crippen molar-refractivity contribution >= 4 is 86.9 Å². The predicted octanol–water partition coefficient (Wildman–Crippen LogP) is -2.60. The van der Waals surface area contributed by atoms with Crippen molar-refractivity contribution < 1.29 is 88.2 Å². The Morgan fingerprint density at radius 3 is 0.267 bits per heavy atom. The summed E-state index contributed by atoms with van der Waals surface area (Å²) in [4.78, 5) is 0. The molecule has 0 bridgehead atoms. The zero-order valence-electron chi connectivity index (χ0n) is 7.24. The fourth-order valence-corrected chi connectivity index (χ4v) is 0. The van der Waals surface area contributed by atoms with Crippen molar-refractivity contribution in [2.45, 2.75) is 0 Å². The summed E-state index contributed by atoms with van der Waals surface area (Å²) in [6.07, 6.45) is 0. The second-order valence-corrected chi connectivity index (χ2v) is 0. The third-order valence-corrected chi connectivity index (χ3v) is 0. The van der Waals surface area contributed by atoms with E-state index in [-0.39, 0.29) is 175 Å². The first kappa shape index (κ1) is 426. The van der Waals surface area contributed by atoms with Crippen LogP contribution in [0.15, 0.2) is 0 Å². The van der Waals surface area contributed by atoms with Gasteiger partial charge in [-0.3, -0.25) is 0 Å². The van der Waals surface area contributed by atoms with Gasteiger partial charge in [0, 0.05) is 0 Å². The van der Waals surface area contributed by atoms with Crippen molar-refractivity contribution in [2.24, 2.45) is 0 Å². The fraction of sp³-hybridized carbons (Fsp3) is 0. The first-order valence-corrected chi connectivity index (χ1v) is 0. The van der Waals surface area contributed by atoms with E-state index in [2.05, 4.69) is 0 Å². The Morgan fingerprint density at radius 1 is 0.267 bits per heavy atom. The van der Waals surface area contributed by atoms with Crippen LogP contribution in [0.3, 0.4) is 0 Å². The molecule has 0 rings (SSSR count). The molecule has 0 N–H and O–H groups in total. The van der Waals surface area contributed by atoms with Crippen LogP contribution in [0.5, 0.6) is 0 Å². The van der Waals surface area contributed by atoms with E-state index in [0.29, 0.717) is 0 Å². The van der Waals surface area contributed by atoms with E-state index in [1.165, 1.54) is 0 Å². The monoisotopic (exact) mass is 649 g/mol. The zero-order valence-corrected chi connectivity index (χ0v) is 24.0. The van der Waals surface area contributed by atoms with Crippen LogP contribution in [-0.2, 0) is 88.2 Å². The molecule has 0 saturated heterocycles. The first-order valence-electron chi connectivity index (χ1n) is 0. The molecule has 0 spiro atoms. The van der Waals surface area contributed by atoms with Gasteiger partial charge in [0.2, 0.25) is 0 Å². The van der Waals surface area contributed by atoms with Crippen LogP contribution in [0.25, 0.3) is 0 Å². The van der Waals surface area contributed by atoms with Crippen LogP contribution in [0.1, 0.15) is 0 Å². The number of hydrogen-bond acceptors (Lipinski definition) is 0. The van der Waals surface area contributed by atoms with E-state index in [1.54, 1.807) is 0 Å². The molecule has 0 aliphatic carbocycles. The zero-order chi connectivity index (χ0) is 0. The Hall–Kier alpha value is 3.71. The van der Waals surface area contributed by atoms with Gasteiger partial charge in [0.15, 0.2) is 0 Å². The molecule has 0 radical (unpaired) electrons. The van der Waals surface area contributed by atoms with E-state index in [0.717, 1.165) is 0 Å². The van der Waals surface area contributed by atoms with Gasteiger partial charge in [-0.2, -0.15) is 0 Å². The smallest absolute Gasteiger partial charge is 2.00 e. The Kier molecular flexibility index (Phi) is 10200. The van der Waals surface area contributed by atoms with E-state index in [9.17, 15) is 0 Å². The van der Waals surface area contributed by atoms with Gasteiger partial charge in [0.25, 0.3) is 0 Å². The van der Waals surface area contributed by atoms with Gasteiger partial charge in [-0.1, -0.05) is 0 Å². The molecule has 0 unspecified atom stereocenters. The van der Waals surface area contributed by atoms with E-state index < -0.39 is 0 Å². The predicted molar refractivity (Wildman–Crippen MR) is 29.2 cm³/mol. The molecule has 0 atom stereocenters. The molecule has 0 aliphatic heterocycles. The summed E-state index contributed by atoms with van der Waals surface area (Å²) < 4.78 is 0. The second kappa shape index (κ2) is 359. The largest absolute Gasteiger partial charge is 4.00 e. The molecule has 0 aliphatic rings. The normalized spacial score (nSPS) is 0. The summed E-state index contributed by atoms with van der Waals surface area (Å²) in [5.41, 5.74) is 0. The van der Waals surface area contributed by atoms with E-state index in [1.807, 2.05) is 0 Å². The molecule has 0 aromatic carbocycles. The quantitative estimate of drug-likeness (QED) is 0.245. The van der Waals surface area contributed by atoms with Crippen LogP contribution >= 0.6 is 0 Å². The summed E-state index contributed by atoms with van der Waals surface area (Å²) in [7, 11) is 0. The molecule has 0 aromatic heterocycles. The number of rotatable bonds is 0. The molecule has 0 saturated carbocycles. The summed E-state index contributed by atoms with van der Waals surface area (Å²) >= 11 is 0. The van der Waals surface area contributed by atoms with Gasteiger partial charge >= 0.3 is 126 Å². The van der Waals surface area contributed by atoms with Crippen LogP contribution in [0.4, 0.5) is 0 Å². The van der Waals surface area contributed by atoms with Gasteiger partial charge in [-0.25, -0.2) is 0 Å². The van der Waals surface area contributed by atoms with Gasteiger partial charge in [-0.05, 0) is 0 Å². The standard InChI is InChI=1S/2Ge.2In.9O.2Zn/q2*+4;2*+3;9*-2;2*+2. The van der Waals surface area contributed by atoms with Crippen molar-refractivity contribution in [1.82, 2.24) is 0 Å². The Bertz CT molecular complexity index is 24.1. The van der Waals surface area contributed by atoms with Crippen molar-refractivity contribution in [3.63, 3.8) is 0 Å². The topological polar surface area (TPSA) is 256 Å². The minimum absolute atomic E-state index is 0. The van der Waals surface area contributed by atoms with E-state index in [4.69, 9.17) is 0 Å². The molecule has 15 heavy (non-hydrogen) atoms. The minimum atomic E-state index is 0. The van der Waals surface area contributed by atoms with Crippen LogP contribution in [-0.4, -0.2) is 86.9 Å². The summed E-state index contributed by atoms with van der Waals surface area (Å²) in [5.74, 6) is 0. The third-order valence-electron chi connectivity index (χ3n) is 0.